The predicted molar refractivity (Wildman–Crippen MR) is 98.9 cm³/mol. The molecule has 28 heavy (non-hydrogen) atoms. The number of nitrogens with zero attached hydrogens (tertiary/aromatic N) is 3. The highest BCUT2D eigenvalue weighted by Gasteiger charge is 2.65. The van der Waals surface area contributed by atoms with Crippen LogP contribution in [-0.2, 0) is 21.3 Å². The van der Waals surface area contributed by atoms with Crippen LogP contribution in [0.15, 0.2) is 40.9 Å². The second-order valence-corrected chi connectivity index (χ2v) is 9.95. The van der Waals surface area contributed by atoms with Crippen molar-refractivity contribution in [2.24, 2.45) is 0 Å². The molecule has 2 bridgehead atoms. The summed E-state index contributed by atoms with van der Waals surface area (Å²) in [5, 5.41) is 3.19. The third-order valence-corrected chi connectivity index (χ3v) is 8.17. The molecule has 3 fully saturated rings. The number of rotatable bonds is 3. The highest BCUT2D eigenvalue weighted by Crippen LogP contribution is 2.47. The van der Waals surface area contributed by atoms with Crippen LogP contribution < -0.4 is 0 Å². The predicted octanol–water partition coefficient (Wildman–Crippen LogP) is 1.18. The maximum atomic E-state index is 13.2. The van der Waals surface area contributed by atoms with Crippen LogP contribution in [0.3, 0.4) is 0 Å². The van der Waals surface area contributed by atoms with Crippen molar-refractivity contribution in [3.63, 3.8) is 0 Å². The average Bonchev–Trinajstić information content (AvgIpc) is 3.27. The highest BCUT2D eigenvalue weighted by molar-refractivity contribution is 7.90. The second-order valence-electron chi connectivity index (χ2n) is 7.84. The fourth-order valence-corrected chi connectivity index (χ4v) is 6.95. The first-order valence-corrected chi connectivity index (χ1v) is 10.8. The summed E-state index contributed by atoms with van der Waals surface area (Å²) in [5.74, 6) is 0.317. The second kappa shape index (κ2) is 6.13. The van der Waals surface area contributed by atoms with Crippen LogP contribution >= 0.6 is 0 Å². The number of morpholine rings is 1. The molecule has 3 saturated heterocycles. The van der Waals surface area contributed by atoms with Gasteiger partial charge in [0.05, 0.1) is 12.6 Å². The van der Waals surface area contributed by atoms with Crippen molar-refractivity contribution in [3.8, 4) is 0 Å². The molecule has 148 valence electrons. The molecule has 3 aliphatic heterocycles. The summed E-state index contributed by atoms with van der Waals surface area (Å²) < 4.78 is 39.0. The number of aryl methyl sites for hydroxylation is 1. The van der Waals surface area contributed by atoms with E-state index >= 15 is 0 Å². The Morgan fingerprint density at radius 3 is 2.79 bits per heavy atom. The van der Waals surface area contributed by atoms with Crippen LogP contribution in [0.2, 0.25) is 0 Å². The van der Waals surface area contributed by atoms with Crippen molar-refractivity contribution in [1.82, 2.24) is 14.4 Å². The van der Waals surface area contributed by atoms with Crippen LogP contribution in [0.1, 0.15) is 28.2 Å². The first kappa shape index (κ1) is 17.8. The van der Waals surface area contributed by atoms with E-state index in [2.05, 4.69) is 5.16 Å². The molecule has 4 heterocycles. The van der Waals surface area contributed by atoms with E-state index in [1.165, 1.54) is 4.31 Å². The molecule has 0 unspecified atom stereocenters. The molecule has 3 aliphatic rings. The molecule has 9 heteroatoms. The van der Waals surface area contributed by atoms with Gasteiger partial charge in [0.1, 0.15) is 16.6 Å². The van der Waals surface area contributed by atoms with Crippen LogP contribution in [0.5, 0.6) is 0 Å². The van der Waals surface area contributed by atoms with Gasteiger partial charge in [-0.05, 0) is 18.9 Å². The van der Waals surface area contributed by atoms with E-state index < -0.39 is 20.9 Å². The smallest absolute Gasteiger partial charge is 0.276 e. The van der Waals surface area contributed by atoms with E-state index in [9.17, 15) is 13.2 Å². The van der Waals surface area contributed by atoms with Gasteiger partial charge in [0.2, 0.25) is 10.0 Å². The van der Waals surface area contributed by atoms with Crippen molar-refractivity contribution in [1.29, 1.82) is 0 Å². The number of aromatic nitrogens is 1. The number of likely N-dealkylation sites (tertiary alicyclic amines) is 1. The summed E-state index contributed by atoms with van der Waals surface area (Å²) in [7, 11) is -3.50. The minimum atomic E-state index is -3.50. The molecule has 2 aromatic rings. The zero-order valence-corrected chi connectivity index (χ0v) is 16.3. The minimum Gasteiger partial charge on any atom is -0.365 e. The number of hydrogen-bond acceptors (Lipinski definition) is 6. The van der Waals surface area contributed by atoms with Crippen LogP contribution in [0.4, 0.5) is 0 Å². The monoisotopic (exact) mass is 403 g/mol. The number of hydrogen-bond donors (Lipinski definition) is 0. The zero-order chi connectivity index (χ0) is 19.5. The number of amides is 1. The lowest BCUT2D eigenvalue weighted by Gasteiger charge is -2.39. The third kappa shape index (κ3) is 2.68. The van der Waals surface area contributed by atoms with Gasteiger partial charge in [-0.1, -0.05) is 35.5 Å². The highest BCUT2D eigenvalue weighted by atomic mass is 32.2. The van der Waals surface area contributed by atoms with E-state index in [0.29, 0.717) is 25.3 Å². The van der Waals surface area contributed by atoms with Crippen LogP contribution in [0.25, 0.3) is 0 Å². The molecular formula is C19H21N3O5S. The minimum absolute atomic E-state index is 0.240. The molecular weight excluding hydrogens is 382 g/mol. The first-order chi connectivity index (χ1) is 13.4. The lowest BCUT2D eigenvalue weighted by Crippen LogP contribution is -2.56. The lowest BCUT2D eigenvalue weighted by molar-refractivity contribution is -0.0981. The summed E-state index contributed by atoms with van der Waals surface area (Å²) in [6.45, 7) is 2.91. The van der Waals surface area contributed by atoms with Gasteiger partial charge in [-0.15, -0.1) is 0 Å². The summed E-state index contributed by atoms with van der Waals surface area (Å²) in [5.41, 5.74) is 0.292. The quantitative estimate of drug-likeness (QED) is 0.764. The Morgan fingerprint density at radius 1 is 1.29 bits per heavy atom. The molecule has 1 spiro atoms. The molecule has 1 aromatic heterocycles. The van der Waals surface area contributed by atoms with E-state index in [4.69, 9.17) is 9.26 Å². The SMILES string of the molecule is Cc1cc(C(=O)N2C[C@H]3C[C@@H]4[C@@](C2)(CN(Cc2ccccc2)S4(=O)=O)O3)no1. The van der Waals surface area contributed by atoms with Gasteiger partial charge in [-0.2, -0.15) is 4.31 Å². The summed E-state index contributed by atoms with van der Waals surface area (Å²) >= 11 is 0. The standard InChI is InChI=1S/C19H21N3O5S/c1-13-7-16(20-27-13)18(23)21-10-15-8-17-19(11-21,26-15)12-22(28(17,24)25)9-14-5-3-2-4-6-14/h2-7,15,17H,8-12H2,1H3/t15-,17-,19-/m1/s1. The summed E-state index contributed by atoms with van der Waals surface area (Å²) in [6, 6.07) is 11.1. The summed E-state index contributed by atoms with van der Waals surface area (Å²) in [4.78, 5) is 14.5. The summed E-state index contributed by atoms with van der Waals surface area (Å²) in [6.07, 6.45) is 0.138. The van der Waals surface area contributed by atoms with Gasteiger partial charge in [-0.3, -0.25) is 4.79 Å². The molecule has 3 atom stereocenters. The molecule has 0 saturated carbocycles. The van der Waals surface area contributed by atoms with Gasteiger partial charge in [0.25, 0.3) is 5.91 Å². The maximum absolute atomic E-state index is 13.2. The Labute approximate surface area is 163 Å². The number of ether oxygens (including phenoxy) is 1. The van der Waals surface area contributed by atoms with Crippen molar-refractivity contribution >= 4 is 15.9 Å². The van der Waals surface area contributed by atoms with E-state index in [1.54, 1.807) is 17.9 Å². The van der Waals surface area contributed by atoms with E-state index in [0.717, 1.165) is 5.56 Å². The maximum Gasteiger partial charge on any atom is 0.276 e. The van der Waals surface area contributed by atoms with Crippen molar-refractivity contribution in [2.75, 3.05) is 19.6 Å². The molecule has 1 aromatic carbocycles. The van der Waals surface area contributed by atoms with E-state index in [1.807, 2.05) is 30.3 Å². The third-order valence-electron chi connectivity index (χ3n) is 5.85. The van der Waals surface area contributed by atoms with Crippen molar-refractivity contribution in [2.45, 2.75) is 36.8 Å². The number of carbonyl (C=O) groups is 1. The molecule has 0 radical (unpaired) electrons. The average molecular weight is 403 g/mol. The Bertz CT molecular complexity index is 1020. The Balaban J connectivity index is 1.41. The fraction of sp³-hybridized carbons (Fsp3) is 0.474. The molecule has 5 rings (SSSR count). The lowest BCUT2D eigenvalue weighted by atomic mass is 9.99. The Morgan fingerprint density at radius 2 is 2.07 bits per heavy atom. The number of sulfonamides is 1. The van der Waals surface area contributed by atoms with Crippen LogP contribution in [0, 0.1) is 6.92 Å². The van der Waals surface area contributed by atoms with Gasteiger partial charge in [0.15, 0.2) is 5.69 Å². The molecule has 0 aliphatic carbocycles. The number of fused-ring (bicyclic) bond motifs is 1. The van der Waals surface area contributed by atoms with Gasteiger partial charge < -0.3 is 14.2 Å². The van der Waals surface area contributed by atoms with Crippen molar-refractivity contribution < 1.29 is 22.5 Å². The normalized spacial score (nSPS) is 31.1. The van der Waals surface area contributed by atoms with Crippen LogP contribution in [-0.4, -0.2) is 65.3 Å². The number of carbonyl (C=O) groups excluding carboxylic acids is 1. The van der Waals surface area contributed by atoms with E-state index in [-0.39, 0.29) is 30.8 Å². The van der Waals surface area contributed by atoms with Gasteiger partial charge in [0, 0.05) is 25.7 Å². The van der Waals surface area contributed by atoms with Gasteiger partial charge >= 0.3 is 0 Å². The fourth-order valence-electron chi connectivity index (χ4n) is 4.66. The van der Waals surface area contributed by atoms with Crippen molar-refractivity contribution in [3.05, 3.63) is 53.4 Å². The molecule has 8 nitrogen and oxygen atoms in total. The number of benzene rings is 1. The van der Waals surface area contributed by atoms with Gasteiger partial charge in [-0.25, -0.2) is 8.42 Å². The topological polar surface area (TPSA) is 93.0 Å². The Hall–Kier alpha value is -2.23. The molecule has 1 amide bonds. The Kier molecular flexibility index (Phi) is 3.91. The molecule has 0 N–H and O–H groups in total. The largest absolute Gasteiger partial charge is 0.365 e. The first-order valence-electron chi connectivity index (χ1n) is 9.31. The zero-order valence-electron chi connectivity index (χ0n) is 15.4.